The SMILES string of the molecule is COCCNC(=O)CCNC(C)Cc1ccc(F)cc1. The van der Waals surface area contributed by atoms with Crippen molar-refractivity contribution in [1.29, 1.82) is 0 Å². The third kappa shape index (κ3) is 7.21. The molecule has 0 saturated heterocycles. The molecule has 20 heavy (non-hydrogen) atoms. The van der Waals surface area contributed by atoms with E-state index in [1.54, 1.807) is 19.2 Å². The van der Waals surface area contributed by atoms with Gasteiger partial charge in [0.1, 0.15) is 5.82 Å². The number of benzene rings is 1. The van der Waals surface area contributed by atoms with Crippen molar-refractivity contribution in [2.45, 2.75) is 25.8 Å². The Hall–Kier alpha value is -1.46. The van der Waals surface area contributed by atoms with Crippen LogP contribution < -0.4 is 10.6 Å². The minimum absolute atomic E-state index is 0.0172. The number of carbonyl (C=O) groups excluding carboxylic acids is 1. The predicted molar refractivity (Wildman–Crippen MR) is 77.1 cm³/mol. The molecule has 0 saturated carbocycles. The number of hydrogen-bond acceptors (Lipinski definition) is 3. The van der Waals surface area contributed by atoms with Crippen LogP contribution in [0.2, 0.25) is 0 Å². The molecule has 0 spiro atoms. The van der Waals surface area contributed by atoms with E-state index in [0.717, 1.165) is 12.0 Å². The molecular formula is C15H23FN2O2. The molecule has 0 aliphatic carbocycles. The summed E-state index contributed by atoms with van der Waals surface area (Å²) in [4.78, 5) is 11.4. The van der Waals surface area contributed by atoms with E-state index in [0.29, 0.717) is 26.1 Å². The zero-order valence-corrected chi connectivity index (χ0v) is 12.1. The fourth-order valence-corrected chi connectivity index (χ4v) is 1.86. The normalized spacial score (nSPS) is 12.2. The lowest BCUT2D eigenvalue weighted by Gasteiger charge is -2.13. The molecule has 112 valence electrons. The minimum atomic E-state index is -0.220. The van der Waals surface area contributed by atoms with Crippen LogP contribution in [-0.2, 0) is 16.0 Å². The fourth-order valence-electron chi connectivity index (χ4n) is 1.86. The van der Waals surface area contributed by atoms with Crippen molar-refractivity contribution in [3.05, 3.63) is 35.6 Å². The zero-order chi connectivity index (χ0) is 14.8. The number of carbonyl (C=O) groups is 1. The van der Waals surface area contributed by atoms with Crippen LogP contribution in [0.3, 0.4) is 0 Å². The van der Waals surface area contributed by atoms with Crippen molar-refractivity contribution in [3.63, 3.8) is 0 Å². The Labute approximate surface area is 119 Å². The number of hydrogen-bond donors (Lipinski definition) is 2. The summed E-state index contributed by atoms with van der Waals surface area (Å²) in [5.74, 6) is -0.203. The molecule has 0 aliphatic rings. The summed E-state index contributed by atoms with van der Waals surface area (Å²) in [6.07, 6.45) is 1.25. The van der Waals surface area contributed by atoms with Gasteiger partial charge in [0.2, 0.25) is 5.91 Å². The summed E-state index contributed by atoms with van der Waals surface area (Å²) < 4.78 is 17.6. The second-order valence-corrected chi connectivity index (χ2v) is 4.78. The van der Waals surface area contributed by atoms with Gasteiger partial charge >= 0.3 is 0 Å². The maximum absolute atomic E-state index is 12.8. The van der Waals surface area contributed by atoms with Crippen molar-refractivity contribution in [1.82, 2.24) is 10.6 Å². The van der Waals surface area contributed by atoms with E-state index in [4.69, 9.17) is 4.74 Å². The highest BCUT2D eigenvalue weighted by molar-refractivity contribution is 5.76. The van der Waals surface area contributed by atoms with Gasteiger partial charge in [0, 0.05) is 32.7 Å². The molecule has 4 nitrogen and oxygen atoms in total. The summed E-state index contributed by atoms with van der Waals surface area (Å²) in [5, 5.41) is 6.05. The van der Waals surface area contributed by atoms with Crippen LogP contribution in [0.5, 0.6) is 0 Å². The Morgan fingerprint density at radius 2 is 2.00 bits per heavy atom. The summed E-state index contributed by atoms with van der Waals surface area (Å²) >= 11 is 0. The standard InChI is InChI=1S/C15H23FN2O2/c1-12(11-13-3-5-14(16)6-4-13)17-8-7-15(19)18-9-10-20-2/h3-6,12,17H,7-11H2,1-2H3,(H,18,19). The van der Waals surface area contributed by atoms with Crippen LogP contribution in [0.4, 0.5) is 4.39 Å². The topological polar surface area (TPSA) is 50.4 Å². The first-order chi connectivity index (χ1) is 9.61. The third-order valence-corrected chi connectivity index (χ3v) is 2.93. The van der Waals surface area contributed by atoms with Crippen molar-refractivity contribution >= 4 is 5.91 Å². The van der Waals surface area contributed by atoms with Gasteiger partial charge in [-0.05, 0) is 31.0 Å². The molecule has 0 radical (unpaired) electrons. The van der Waals surface area contributed by atoms with Gasteiger partial charge in [-0.15, -0.1) is 0 Å². The predicted octanol–water partition coefficient (Wildman–Crippen LogP) is 1.50. The lowest BCUT2D eigenvalue weighted by atomic mass is 10.1. The molecule has 1 amide bonds. The van der Waals surface area contributed by atoms with Crippen LogP contribution in [0.1, 0.15) is 18.9 Å². The average Bonchev–Trinajstić information content (AvgIpc) is 2.42. The third-order valence-electron chi connectivity index (χ3n) is 2.93. The van der Waals surface area contributed by atoms with E-state index in [1.807, 2.05) is 6.92 Å². The highest BCUT2D eigenvalue weighted by atomic mass is 19.1. The molecule has 5 heteroatoms. The van der Waals surface area contributed by atoms with Crippen LogP contribution in [0, 0.1) is 5.82 Å². The van der Waals surface area contributed by atoms with Gasteiger partial charge in [-0.3, -0.25) is 4.79 Å². The maximum atomic E-state index is 12.8. The number of halogens is 1. The Morgan fingerprint density at radius 3 is 2.65 bits per heavy atom. The largest absolute Gasteiger partial charge is 0.383 e. The van der Waals surface area contributed by atoms with Crippen molar-refractivity contribution < 1.29 is 13.9 Å². The Morgan fingerprint density at radius 1 is 1.30 bits per heavy atom. The second kappa shape index (κ2) is 9.44. The van der Waals surface area contributed by atoms with E-state index in [2.05, 4.69) is 10.6 Å². The molecule has 1 rings (SSSR count). The molecule has 1 aromatic rings. The van der Waals surface area contributed by atoms with Crippen molar-refractivity contribution in [2.75, 3.05) is 26.8 Å². The molecule has 1 atom stereocenters. The maximum Gasteiger partial charge on any atom is 0.221 e. The van der Waals surface area contributed by atoms with E-state index >= 15 is 0 Å². The Kier molecular flexibility index (Phi) is 7.84. The molecule has 0 bridgehead atoms. The van der Waals surface area contributed by atoms with Gasteiger partial charge in [0.25, 0.3) is 0 Å². The van der Waals surface area contributed by atoms with E-state index in [-0.39, 0.29) is 17.8 Å². The van der Waals surface area contributed by atoms with Crippen molar-refractivity contribution in [2.24, 2.45) is 0 Å². The molecule has 1 unspecified atom stereocenters. The molecule has 0 aromatic heterocycles. The lowest BCUT2D eigenvalue weighted by molar-refractivity contribution is -0.121. The van der Waals surface area contributed by atoms with Crippen LogP contribution in [0.15, 0.2) is 24.3 Å². The van der Waals surface area contributed by atoms with Gasteiger partial charge in [-0.1, -0.05) is 12.1 Å². The first-order valence-electron chi connectivity index (χ1n) is 6.85. The number of amides is 1. The summed E-state index contributed by atoms with van der Waals surface area (Å²) in [6.45, 7) is 3.74. The van der Waals surface area contributed by atoms with Gasteiger partial charge in [-0.25, -0.2) is 4.39 Å². The number of nitrogens with one attached hydrogen (secondary N) is 2. The number of ether oxygens (including phenoxy) is 1. The quantitative estimate of drug-likeness (QED) is 0.675. The molecule has 1 aromatic carbocycles. The molecule has 0 heterocycles. The van der Waals surface area contributed by atoms with Gasteiger partial charge in [-0.2, -0.15) is 0 Å². The first-order valence-corrected chi connectivity index (χ1v) is 6.85. The summed E-state index contributed by atoms with van der Waals surface area (Å²) in [7, 11) is 1.60. The number of rotatable bonds is 9. The Bertz CT molecular complexity index is 395. The van der Waals surface area contributed by atoms with E-state index in [1.165, 1.54) is 12.1 Å². The van der Waals surface area contributed by atoms with Gasteiger partial charge < -0.3 is 15.4 Å². The monoisotopic (exact) mass is 282 g/mol. The van der Waals surface area contributed by atoms with Crippen LogP contribution >= 0.6 is 0 Å². The highest BCUT2D eigenvalue weighted by Gasteiger charge is 2.05. The molecular weight excluding hydrogens is 259 g/mol. The fraction of sp³-hybridized carbons (Fsp3) is 0.533. The van der Waals surface area contributed by atoms with E-state index in [9.17, 15) is 9.18 Å². The summed E-state index contributed by atoms with van der Waals surface area (Å²) in [6, 6.07) is 6.74. The zero-order valence-electron chi connectivity index (χ0n) is 12.1. The van der Waals surface area contributed by atoms with Crippen LogP contribution in [0.25, 0.3) is 0 Å². The second-order valence-electron chi connectivity index (χ2n) is 4.78. The average molecular weight is 282 g/mol. The minimum Gasteiger partial charge on any atom is -0.383 e. The van der Waals surface area contributed by atoms with Crippen molar-refractivity contribution in [3.8, 4) is 0 Å². The van der Waals surface area contributed by atoms with Crippen LogP contribution in [-0.4, -0.2) is 38.8 Å². The first kappa shape index (κ1) is 16.6. The molecule has 0 aliphatic heterocycles. The lowest BCUT2D eigenvalue weighted by Crippen LogP contribution is -2.34. The van der Waals surface area contributed by atoms with Gasteiger partial charge in [0.15, 0.2) is 0 Å². The number of methoxy groups -OCH3 is 1. The molecule has 0 fully saturated rings. The van der Waals surface area contributed by atoms with E-state index < -0.39 is 0 Å². The highest BCUT2D eigenvalue weighted by Crippen LogP contribution is 2.05. The summed E-state index contributed by atoms with van der Waals surface area (Å²) in [5.41, 5.74) is 1.08. The Balaban J connectivity index is 2.15. The smallest absolute Gasteiger partial charge is 0.221 e. The molecule has 2 N–H and O–H groups in total. The van der Waals surface area contributed by atoms with Gasteiger partial charge in [0.05, 0.1) is 6.61 Å².